The van der Waals surface area contributed by atoms with Gasteiger partial charge >= 0.3 is 6.18 Å². The molecule has 1 aromatic carbocycles. The highest BCUT2D eigenvalue weighted by Gasteiger charge is 2.29. The van der Waals surface area contributed by atoms with E-state index in [0.29, 0.717) is 13.2 Å². The number of hydrogen-bond acceptors (Lipinski definition) is 1. The molecule has 1 aliphatic rings. The van der Waals surface area contributed by atoms with E-state index in [1.807, 2.05) is 0 Å². The molecule has 2 rings (SSSR count). The molecule has 0 aliphatic heterocycles. The van der Waals surface area contributed by atoms with Crippen molar-refractivity contribution < 1.29 is 17.9 Å². The Kier molecular flexibility index (Phi) is 6.30. The van der Waals surface area contributed by atoms with Gasteiger partial charge in [0.1, 0.15) is 0 Å². The fourth-order valence-corrected chi connectivity index (χ4v) is 3.07. The Hall–Kier alpha value is -1.03. The third-order valence-corrected chi connectivity index (χ3v) is 4.59. The lowest BCUT2D eigenvalue weighted by Crippen LogP contribution is -2.12. The Bertz CT molecular complexity index is 431. The summed E-state index contributed by atoms with van der Waals surface area (Å²) in [4.78, 5) is 0. The van der Waals surface area contributed by atoms with E-state index in [2.05, 4.69) is 6.92 Å². The Morgan fingerprint density at radius 1 is 1.05 bits per heavy atom. The molecule has 124 valence electrons. The summed E-state index contributed by atoms with van der Waals surface area (Å²) in [6.07, 6.45) is 3.34. The van der Waals surface area contributed by atoms with Gasteiger partial charge in [0.15, 0.2) is 0 Å². The van der Waals surface area contributed by atoms with Crippen molar-refractivity contribution in [2.24, 2.45) is 11.8 Å². The van der Waals surface area contributed by atoms with Crippen LogP contribution in [0, 0.1) is 11.8 Å². The summed E-state index contributed by atoms with van der Waals surface area (Å²) >= 11 is 0. The lowest BCUT2D eigenvalue weighted by Gasteiger charge is -2.25. The minimum Gasteiger partial charge on any atom is -0.377 e. The van der Waals surface area contributed by atoms with Crippen LogP contribution in [0.3, 0.4) is 0 Å². The molecule has 0 saturated heterocycles. The van der Waals surface area contributed by atoms with Gasteiger partial charge in [-0.05, 0) is 42.4 Å². The van der Waals surface area contributed by atoms with Crippen LogP contribution in [-0.4, -0.2) is 6.61 Å². The van der Waals surface area contributed by atoms with E-state index in [1.165, 1.54) is 44.2 Å². The molecule has 0 bridgehead atoms. The second-order valence-corrected chi connectivity index (χ2v) is 6.52. The zero-order valence-corrected chi connectivity index (χ0v) is 13.2. The molecule has 1 fully saturated rings. The lowest BCUT2D eigenvalue weighted by molar-refractivity contribution is -0.137. The molecule has 0 atom stereocenters. The molecule has 22 heavy (non-hydrogen) atoms. The van der Waals surface area contributed by atoms with Gasteiger partial charge < -0.3 is 4.74 Å². The van der Waals surface area contributed by atoms with Crippen molar-refractivity contribution >= 4 is 0 Å². The smallest absolute Gasteiger partial charge is 0.377 e. The highest BCUT2D eigenvalue weighted by atomic mass is 19.4. The van der Waals surface area contributed by atoms with E-state index in [-0.39, 0.29) is 0 Å². The molecule has 1 saturated carbocycles. The predicted octanol–water partition coefficient (Wildman–Crippen LogP) is 5.83. The minimum absolute atomic E-state index is 0.389. The van der Waals surface area contributed by atoms with Crippen molar-refractivity contribution in [3.05, 3.63) is 35.4 Å². The van der Waals surface area contributed by atoms with Gasteiger partial charge in [-0.3, -0.25) is 0 Å². The molecule has 0 aromatic heterocycles. The van der Waals surface area contributed by atoms with Crippen LogP contribution >= 0.6 is 0 Å². The van der Waals surface area contributed by atoms with E-state index in [1.54, 1.807) is 0 Å². The Balaban J connectivity index is 1.60. The summed E-state index contributed by atoms with van der Waals surface area (Å²) in [5.74, 6) is 1.72. The summed E-state index contributed by atoms with van der Waals surface area (Å²) in [6, 6.07) is 5.21. The normalized spacial score (nSPS) is 22.7. The largest absolute Gasteiger partial charge is 0.416 e. The molecule has 1 aliphatic carbocycles. The average Bonchev–Trinajstić information content (AvgIpc) is 2.48. The molecular weight excluding hydrogens is 289 g/mol. The SMILES string of the molecule is CC1CCC(CCCOCc2ccc(C(F)(F)F)cc2)CC1. The number of halogens is 3. The number of hydrogen-bond donors (Lipinski definition) is 0. The number of ether oxygens (including phenoxy) is 1. The van der Waals surface area contributed by atoms with E-state index >= 15 is 0 Å². The van der Waals surface area contributed by atoms with Crippen LogP contribution in [0.1, 0.15) is 56.6 Å². The molecular formula is C18H25F3O. The predicted molar refractivity (Wildman–Crippen MR) is 81.5 cm³/mol. The van der Waals surface area contributed by atoms with Gasteiger partial charge in [-0.1, -0.05) is 44.7 Å². The summed E-state index contributed by atoms with van der Waals surface area (Å²) in [7, 11) is 0. The third-order valence-electron chi connectivity index (χ3n) is 4.59. The van der Waals surface area contributed by atoms with Crippen LogP contribution in [0.15, 0.2) is 24.3 Å². The van der Waals surface area contributed by atoms with Crippen molar-refractivity contribution in [2.45, 2.75) is 58.2 Å². The topological polar surface area (TPSA) is 9.23 Å². The van der Waals surface area contributed by atoms with Crippen molar-refractivity contribution in [1.82, 2.24) is 0 Å². The first-order valence-electron chi connectivity index (χ1n) is 8.19. The average molecular weight is 314 g/mol. The van der Waals surface area contributed by atoms with Gasteiger partial charge in [-0.2, -0.15) is 13.2 Å². The maximum atomic E-state index is 12.4. The molecule has 0 amide bonds. The quantitative estimate of drug-likeness (QED) is 0.600. The first-order valence-corrected chi connectivity index (χ1v) is 8.19. The summed E-state index contributed by atoms with van der Waals surface area (Å²) in [6.45, 7) is 3.40. The maximum absolute atomic E-state index is 12.4. The van der Waals surface area contributed by atoms with Crippen molar-refractivity contribution in [1.29, 1.82) is 0 Å². The second-order valence-electron chi connectivity index (χ2n) is 6.52. The Labute approximate surface area is 130 Å². The van der Waals surface area contributed by atoms with Crippen molar-refractivity contribution in [3.63, 3.8) is 0 Å². The summed E-state index contributed by atoms with van der Waals surface area (Å²) < 4.78 is 42.9. The van der Waals surface area contributed by atoms with Crippen LogP contribution in [0.5, 0.6) is 0 Å². The standard InChI is InChI=1S/C18H25F3O/c1-14-4-6-15(7-5-14)3-2-12-22-13-16-8-10-17(11-9-16)18(19,20)21/h8-11,14-15H,2-7,12-13H2,1H3. The fraction of sp³-hybridized carbons (Fsp3) is 0.667. The van der Waals surface area contributed by atoms with Gasteiger partial charge in [0.05, 0.1) is 12.2 Å². The first kappa shape index (κ1) is 17.3. The minimum atomic E-state index is -4.27. The zero-order valence-electron chi connectivity index (χ0n) is 13.2. The highest BCUT2D eigenvalue weighted by Crippen LogP contribution is 2.31. The molecule has 0 N–H and O–H groups in total. The summed E-state index contributed by atoms with van der Waals surface area (Å²) in [5, 5.41) is 0. The van der Waals surface area contributed by atoms with Crippen LogP contribution in [-0.2, 0) is 17.5 Å². The molecule has 1 nitrogen and oxygen atoms in total. The summed E-state index contributed by atoms with van der Waals surface area (Å²) in [5.41, 5.74) is 0.183. The van der Waals surface area contributed by atoms with E-state index in [4.69, 9.17) is 4.74 Å². The van der Waals surface area contributed by atoms with Crippen LogP contribution in [0.2, 0.25) is 0 Å². The number of alkyl halides is 3. The highest BCUT2D eigenvalue weighted by molar-refractivity contribution is 5.24. The molecule has 1 aromatic rings. The molecule has 0 heterocycles. The second kappa shape index (κ2) is 8.00. The maximum Gasteiger partial charge on any atom is 0.416 e. The Morgan fingerprint density at radius 2 is 1.68 bits per heavy atom. The van der Waals surface area contributed by atoms with Crippen molar-refractivity contribution in [3.8, 4) is 0 Å². The van der Waals surface area contributed by atoms with Gasteiger partial charge in [-0.15, -0.1) is 0 Å². The Morgan fingerprint density at radius 3 is 2.27 bits per heavy atom. The fourth-order valence-electron chi connectivity index (χ4n) is 3.07. The van der Waals surface area contributed by atoms with Gasteiger partial charge in [-0.25, -0.2) is 0 Å². The molecule has 4 heteroatoms. The molecule has 0 spiro atoms. The van der Waals surface area contributed by atoms with E-state index in [0.717, 1.165) is 36.0 Å². The van der Waals surface area contributed by atoms with Crippen LogP contribution in [0.25, 0.3) is 0 Å². The monoisotopic (exact) mass is 314 g/mol. The van der Waals surface area contributed by atoms with Crippen LogP contribution in [0.4, 0.5) is 13.2 Å². The molecule has 0 radical (unpaired) electrons. The lowest BCUT2D eigenvalue weighted by atomic mass is 9.81. The third kappa shape index (κ3) is 5.64. The van der Waals surface area contributed by atoms with Gasteiger partial charge in [0.25, 0.3) is 0 Å². The number of rotatable bonds is 6. The van der Waals surface area contributed by atoms with Crippen molar-refractivity contribution in [2.75, 3.05) is 6.61 Å². The zero-order chi connectivity index (χ0) is 16.0. The van der Waals surface area contributed by atoms with Gasteiger partial charge in [0, 0.05) is 6.61 Å². The van der Waals surface area contributed by atoms with E-state index < -0.39 is 11.7 Å². The number of benzene rings is 1. The molecule has 0 unspecified atom stereocenters. The van der Waals surface area contributed by atoms with Gasteiger partial charge in [0.2, 0.25) is 0 Å². The first-order chi connectivity index (χ1) is 10.4. The van der Waals surface area contributed by atoms with E-state index in [9.17, 15) is 13.2 Å². The van der Waals surface area contributed by atoms with Crippen LogP contribution < -0.4 is 0 Å².